The van der Waals surface area contributed by atoms with Gasteiger partial charge in [-0.05, 0) is 24.3 Å². The zero-order valence-electron chi connectivity index (χ0n) is 12.5. The number of hydrogen-bond donors (Lipinski definition) is 2. The van der Waals surface area contributed by atoms with Gasteiger partial charge in [0.25, 0.3) is 5.91 Å². The van der Waals surface area contributed by atoms with Crippen molar-refractivity contribution in [1.29, 1.82) is 0 Å². The van der Waals surface area contributed by atoms with Crippen LogP contribution in [0.15, 0.2) is 42.5 Å². The van der Waals surface area contributed by atoms with Gasteiger partial charge in [-0.15, -0.1) is 12.4 Å². The molecule has 1 saturated heterocycles. The second kappa shape index (κ2) is 6.48. The fourth-order valence-corrected chi connectivity index (χ4v) is 2.92. The fraction of sp³-hybridized carbons (Fsp3) is 0.235. The highest BCUT2D eigenvalue weighted by atomic mass is 35.5. The van der Waals surface area contributed by atoms with Crippen LogP contribution < -0.4 is 20.3 Å². The fourth-order valence-electron chi connectivity index (χ4n) is 2.92. The van der Waals surface area contributed by atoms with Gasteiger partial charge in [0.15, 0.2) is 11.5 Å². The van der Waals surface area contributed by atoms with Crippen LogP contribution >= 0.6 is 12.4 Å². The first-order chi connectivity index (χ1) is 10.8. The summed E-state index contributed by atoms with van der Waals surface area (Å²) in [6, 6.07) is 13.3. The number of carbonyl (C=O) groups excluding carboxylic acids is 1. The van der Waals surface area contributed by atoms with E-state index in [2.05, 4.69) is 15.5 Å². The molecule has 2 aliphatic heterocycles. The molecule has 1 fully saturated rings. The quantitative estimate of drug-likeness (QED) is 0.843. The molecule has 0 aliphatic carbocycles. The highest BCUT2D eigenvalue weighted by Crippen LogP contribution is 2.41. The minimum Gasteiger partial charge on any atom is -0.452 e. The Balaban J connectivity index is 0.00000156. The van der Waals surface area contributed by atoms with E-state index in [0.717, 1.165) is 31.9 Å². The highest BCUT2D eigenvalue weighted by molar-refractivity contribution is 6.09. The standard InChI is InChI=1S/C17H17N3O2.ClH/c21-17-12-4-3-6-14(20-10-8-18-9-11-20)16(12)22-15-7-2-1-5-13(15)19-17;/h1-7,18H,8-11H2,(H,19,21);1H. The van der Waals surface area contributed by atoms with Crippen molar-refractivity contribution < 1.29 is 9.53 Å². The molecule has 5 nitrogen and oxygen atoms in total. The first-order valence-corrected chi connectivity index (χ1v) is 7.50. The Morgan fingerprint density at radius 2 is 1.78 bits per heavy atom. The van der Waals surface area contributed by atoms with Crippen molar-refractivity contribution in [2.24, 2.45) is 0 Å². The number of halogens is 1. The molecule has 1 amide bonds. The number of ether oxygens (including phenoxy) is 1. The third-order valence-electron chi connectivity index (χ3n) is 4.04. The molecule has 120 valence electrons. The molecule has 0 aromatic heterocycles. The van der Waals surface area contributed by atoms with Gasteiger partial charge in [0.05, 0.1) is 16.9 Å². The molecule has 2 aromatic rings. The topological polar surface area (TPSA) is 53.6 Å². The summed E-state index contributed by atoms with van der Waals surface area (Å²) in [5, 5.41) is 6.25. The number of anilines is 2. The number of fused-ring (bicyclic) bond motifs is 2. The van der Waals surface area contributed by atoms with Gasteiger partial charge in [-0.25, -0.2) is 0 Å². The van der Waals surface area contributed by atoms with Gasteiger partial charge in [0.1, 0.15) is 0 Å². The Bertz CT molecular complexity index is 730. The lowest BCUT2D eigenvalue weighted by Crippen LogP contribution is -2.43. The zero-order chi connectivity index (χ0) is 14.9. The maximum Gasteiger partial charge on any atom is 0.259 e. The molecule has 0 unspecified atom stereocenters. The summed E-state index contributed by atoms with van der Waals surface area (Å²) in [4.78, 5) is 14.7. The van der Waals surface area contributed by atoms with Crippen LogP contribution in [0.1, 0.15) is 10.4 Å². The average molecular weight is 332 g/mol. The van der Waals surface area contributed by atoms with E-state index in [1.807, 2.05) is 42.5 Å². The highest BCUT2D eigenvalue weighted by Gasteiger charge is 2.25. The van der Waals surface area contributed by atoms with Crippen molar-refractivity contribution in [2.45, 2.75) is 0 Å². The number of rotatable bonds is 1. The van der Waals surface area contributed by atoms with Gasteiger partial charge < -0.3 is 20.3 Å². The summed E-state index contributed by atoms with van der Waals surface area (Å²) in [6.07, 6.45) is 0. The molecule has 23 heavy (non-hydrogen) atoms. The van der Waals surface area contributed by atoms with E-state index in [4.69, 9.17) is 4.74 Å². The van der Waals surface area contributed by atoms with E-state index in [1.54, 1.807) is 0 Å². The Hall–Kier alpha value is -2.24. The molecule has 4 rings (SSSR count). The molecule has 0 radical (unpaired) electrons. The average Bonchev–Trinajstić information content (AvgIpc) is 2.71. The Morgan fingerprint density at radius 3 is 2.61 bits per heavy atom. The number of nitrogens with zero attached hydrogens (tertiary/aromatic N) is 1. The third-order valence-corrected chi connectivity index (χ3v) is 4.04. The second-order valence-corrected chi connectivity index (χ2v) is 5.44. The minimum absolute atomic E-state index is 0. The first kappa shape index (κ1) is 15.6. The van der Waals surface area contributed by atoms with Crippen LogP contribution in [-0.4, -0.2) is 32.1 Å². The first-order valence-electron chi connectivity index (χ1n) is 7.50. The van der Waals surface area contributed by atoms with Crippen LogP contribution in [0.5, 0.6) is 11.5 Å². The van der Waals surface area contributed by atoms with E-state index in [1.165, 1.54) is 0 Å². The molecule has 0 spiro atoms. The predicted octanol–water partition coefficient (Wildman–Crippen LogP) is 2.88. The number of benzene rings is 2. The SMILES string of the molecule is Cl.O=C1Nc2ccccc2Oc2c1cccc2N1CCNCC1. The maximum absolute atomic E-state index is 12.5. The molecule has 2 N–H and O–H groups in total. The van der Waals surface area contributed by atoms with Gasteiger partial charge in [-0.1, -0.05) is 18.2 Å². The maximum atomic E-state index is 12.5. The number of piperazine rings is 1. The lowest BCUT2D eigenvalue weighted by molar-refractivity contribution is 0.102. The van der Waals surface area contributed by atoms with Crippen molar-refractivity contribution in [1.82, 2.24) is 5.32 Å². The lowest BCUT2D eigenvalue weighted by atomic mass is 10.1. The minimum atomic E-state index is -0.128. The number of hydrogen-bond acceptors (Lipinski definition) is 4. The molecule has 2 heterocycles. The zero-order valence-corrected chi connectivity index (χ0v) is 13.4. The lowest BCUT2D eigenvalue weighted by Gasteiger charge is -2.31. The van der Waals surface area contributed by atoms with Gasteiger partial charge in [-0.3, -0.25) is 4.79 Å². The van der Waals surface area contributed by atoms with Crippen LogP contribution in [0.3, 0.4) is 0 Å². The molecule has 6 heteroatoms. The number of nitrogens with one attached hydrogen (secondary N) is 2. The Morgan fingerprint density at radius 1 is 1.00 bits per heavy atom. The van der Waals surface area contributed by atoms with Crippen molar-refractivity contribution in [3.63, 3.8) is 0 Å². The summed E-state index contributed by atoms with van der Waals surface area (Å²) in [7, 11) is 0. The number of para-hydroxylation sites is 3. The van der Waals surface area contributed by atoms with Crippen molar-refractivity contribution in [3.8, 4) is 11.5 Å². The van der Waals surface area contributed by atoms with Crippen LogP contribution in [0.25, 0.3) is 0 Å². The van der Waals surface area contributed by atoms with Crippen molar-refractivity contribution in [3.05, 3.63) is 48.0 Å². The Kier molecular flexibility index (Phi) is 4.41. The van der Waals surface area contributed by atoms with E-state index in [9.17, 15) is 4.79 Å². The predicted molar refractivity (Wildman–Crippen MR) is 93.2 cm³/mol. The second-order valence-electron chi connectivity index (χ2n) is 5.44. The summed E-state index contributed by atoms with van der Waals surface area (Å²) in [5.41, 5.74) is 2.26. The molecular formula is C17H18ClN3O2. The molecule has 0 saturated carbocycles. The molecule has 2 aromatic carbocycles. The van der Waals surface area contributed by atoms with Gasteiger partial charge >= 0.3 is 0 Å². The van der Waals surface area contributed by atoms with E-state index >= 15 is 0 Å². The van der Waals surface area contributed by atoms with Crippen LogP contribution in [0.4, 0.5) is 11.4 Å². The smallest absolute Gasteiger partial charge is 0.259 e. The van der Waals surface area contributed by atoms with Crippen LogP contribution in [0, 0.1) is 0 Å². The van der Waals surface area contributed by atoms with Crippen molar-refractivity contribution >= 4 is 29.7 Å². The third kappa shape index (κ3) is 2.85. The van der Waals surface area contributed by atoms with E-state index < -0.39 is 0 Å². The van der Waals surface area contributed by atoms with Crippen LogP contribution in [-0.2, 0) is 0 Å². The van der Waals surface area contributed by atoms with Crippen molar-refractivity contribution in [2.75, 3.05) is 36.4 Å². The van der Waals surface area contributed by atoms with E-state index in [0.29, 0.717) is 22.7 Å². The molecule has 2 aliphatic rings. The summed E-state index contributed by atoms with van der Waals surface area (Å²) < 4.78 is 6.11. The normalized spacial score (nSPS) is 16.2. The monoisotopic (exact) mass is 331 g/mol. The molecular weight excluding hydrogens is 314 g/mol. The molecule has 0 atom stereocenters. The van der Waals surface area contributed by atoms with Gasteiger partial charge in [0, 0.05) is 26.2 Å². The summed E-state index contributed by atoms with van der Waals surface area (Å²) in [6.45, 7) is 3.69. The van der Waals surface area contributed by atoms with Crippen LogP contribution in [0.2, 0.25) is 0 Å². The molecule has 0 bridgehead atoms. The number of amides is 1. The van der Waals surface area contributed by atoms with Gasteiger partial charge in [0.2, 0.25) is 0 Å². The Labute approximate surface area is 141 Å². The summed E-state index contributed by atoms with van der Waals surface area (Å²) in [5.74, 6) is 1.20. The van der Waals surface area contributed by atoms with Gasteiger partial charge in [-0.2, -0.15) is 0 Å². The van der Waals surface area contributed by atoms with E-state index in [-0.39, 0.29) is 18.3 Å². The summed E-state index contributed by atoms with van der Waals surface area (Å²) >= 11 is 0. The largest absolute Gasteiger partial charge is 0.452 e. The number of carbonyl (C=O) groups is 1.